The Kier molecular flexibility index (Phi) is 4.85. The number of aliphatic hydroxyl groups excluding tert-OH is 1. The van der Waals surface area contributed by atoms with Crippen LogP contribution in [-0.4, -0.2) is 47.7 Å². The molecule has 2 N–H and O–H groups in total. The summed E-state index contributed by atoms with van der Waals surface area (Å²) in [4.78, 5) is 14.5. The van der Waals surface area contributed by atoms with E-state index in [1.807, 2.05) is 11.9 Å². The third kappa shape index (κ3) is 3.11. The largest absolute Gasteiger partial charge is 0.394 e. The van der Waals surface area contributed by atoms with Crippen LogP contribution >= 0.6 is 0 Å². The maximum absolute atomic E-state index is 12.6. The number of rotatable bonds is 4. The molecule has 19 heavy (non-hydrogen) atoms. The summed E-state index contributed by atoms with van der Waals surface area (Å²) in [5.41, 5.74) is 0.00116. The first kappa shape index (κ1) is 14.8. The molecule has 2 aliphatic rings. The Morgan fingerprint density at radius 3 is 2.63 bits per heavy atom. The summed E-state index contributed by atoms with van der Waals surface area (Å²) in [6.45, 7) is 3.03. The number of amides is 1. The number of hydrogen-bond acceptors (Lipinski definition) is 3. The molecular weight excluding hydrogens is 240 g/mol. The van der Waals surface area contributed by atoms with Gasteiger partial charge in [-0.25, -0.2) is 0 Å². The van der Waals surface area contributed by atoms with Crippen LogP contribution in [0.3, 0.4) is 0 Å². The second-order valence-corrected chi connectivity index (χ2v) is 6.37. The third-order valence-electron chi connectivity index (χ3n) is 5.22. The number of carbonyl (C=O) groups is 1. The predicted octanol–water partition coefficient (Wildman–Crippen LogP) is 1.53. The van der Waals surface area contributed by atoms with Crippen LogP contribution in [-0.2, 0) is 4.79 Å². The van der Waals surface area contributed by atoms with E-state index in [0.717, 1.165) is 25.8 Å². The highest BCUT2D eigenvalue weighted by molar-refractivity contribution is 5.78. The quantitative estimate of drug-likeness (QED) is 0.813. The molecule has 4 nitrogen and oxygen atoms in total. The minimum Gasteiger partial charge on any atom is -0.394 e. The average molecular weight is 268 g/mol. The zero-order valence-electron chi connectivity index (χ0n) is 12.3. The summed E-state index contributed by atoms with van der Waals surface area (Å²) in [7, 11) is 1.98. The van der Waals surface area contributed by atoms with Crippen molar-refractivity contribution in [3.05, 3.63) is 0 Å². The molecule has 0 aromatic rings. The zero-order chi connectivity index (χ0) is 13.9. The monoisotopic (exact) mass is 268 g/mol. The van der Waals surface area contributed by atoms with Gasteiger partial charge in [-0.05, 0) is 32.2 Å². The van der Waals surface area contributed by atoms with Gasteiger partial charge in [0.15, 0.2) is 0 Å². The molecule has 110 valence electrons. The van der Waals surface area contributed by atoms with E-state index in [0.29, 0.717) is 12.3 Å². The van der Waals surface area contributed by atoms with Crippen molar-refractivity contribution in [3.63, 3.8) is 0 Å². The molecule has 4 heteroatoms. The summed E-state index contributed by atoms with van der Waals surface area (Å²) in [5.74, 6) is 0.644. The SMILES string of the molecule is CNC1(CC(=O)N2CCC(C)C2CO)CCCCC1. The number of carbonyl (C=O) groups excluding carboxylic acids is 1. The van der Waals surface area contributed by atoms with Crippen molar-refractivity contribution in [1.29, 1.82) is 0 Å². The molecular formula is C15H28N2O2. The predicted molar refractivity (Wildman–Crippen MR) is 75.9 cm³/mol. The maximum atomic E-state index is 12.6. The van der Waals surface area contributed by atoms with Crippen molar-refractivity contribution in [1.82, 2.24) is 10.2 Å². The van der Waals surface area contributed by atoms with Crippen LogP contribution in [0.5, 0.6) is 0 Å². The highest BCUT2D eigenvalue weighted by Gasteiger charge is 2.38. The van der Waals surface area contributed by atoms with E-state index in [4.69, 9.17) is 0 Å². The van der Waals surface area contributed by atoms with Gasteiger partial charge in [-0.2, -0.15) is 0 Å². The van der Waals surface area contributed by atoms with Gasteiger partial charge in [0.25, 0.3) is 0 Å². The minimum absolute atomic E-state index is 0.00116. The van der Waals surface area contributed by atoms with E-state index in [1.165, 1.54) is 19.3 Å². The topological polar surface area (TPSA) is 52.6 Å². The summed E-state index contributed by atoms with van der Waals surface area (Å²) in [6.07, 6.45) is 7.53. The average Bonchev–Trinajstić information content (AvgIpc) is 2.81. The van der Waals surface area contributed by atoms with Crippen molar-refractivity contribution in [3.8, 4) is 0 Å². The molecule has 2 atom stereocenters. The molecule has 2 rings (SSSR count). The van der Waals surface area contributed by atoms with E-state index in [1.54, 1.807) is 0 Å². The Morgan fingerprint density at radius 1 is 1.37 bits per heavy atom. The highest BCUT2D eigenvalue weighted by Crippen LogP contribution is 2.33. The number of nitrogens with zero attached hydrogens (tertiary/aromatic N) is 1. The molecule has 0 aromatic heterocycles. The summed E-state index contributed by atoms with van der Waals surface area (Å²) in [6, 6.07) is 0.0324. The lowest BCUT2D eigenvalue weighted by atomic mass is 9.79. The van der Waals surface area contributed by atoms with Gasteiger partial charge >= 0.3 is 0 Å². The first-order valence-electron chi connectivity index (χ1n) is 7.71. The van der Waals surface area contributed by atoms with Crippen LogP contribution in [0.25, 0.3) is 0 Å². The molecule has 1 saturated heterocycles. The first-order chi connectivity index (χ1) is 9.12. The molecule has 0 bridgehead atoms. The van der Waals surface area contributed by atoms with Crippen molar-refractivity contribution in [2.24, 2.45) is 5.92 Å². The zero-order valence-corrected chi connectivity index (χ0v) is 12.3. The maximum Gasteiger partial charge on any atom is 0.224 e. The normalized spacial score (nSPS) is 30.6. The van der Waals surface area contributed by atoms with Crippen molar-refractivity contribution in [2.75, 3.05) is 20.2 Å². The van der Waals surface area contributed by atoms with Crippen LogP contribution < -0.4 is 5.32 Å². The Morgan fingerprint density at radius 2 is 2.05 bits per heavy atom. The van der Waals surface area contributed by atoms with Crippen LogP contribution in [0.2, 0.25) is 0 Å². The number of nitrogens with one attached hydrogen (secondary N) is 1. The van der Waals surface area contributed by atoms with Gasteiger partial charge < -0.3 is 15.3 Å². The van der Waals surface area contributed by atoms with Gasteiger partial charge in [-0.3, -0.25) is 4.79 Å². The molecule has 0 radical (unpaired) electrons. The smallest absolute Gasteiger partial charge is 0.224 e. The minimum atomic E-state index is 0.00116. The first-order valence-corrected chi connectivity index (χ1v) is 7.71. The van der Waals surface area contributed by atoms with Gasteiger partial charge in [0, 0.05) is 18.5 Å². The van der Waals surface area contributed by atoms with Crippen molar-refractivity contribution >= 4 is 5.91 Å². The molecule has 1 aliphatic heterocycles. The fourth-order valence-corrected chi connectivity index (χ4v) is 3.73. The lowest BCUT2D eigenvalue weighted by Gasteiger charge is -2.38. The van der Waals surface area contributed by atoms with Gasteiger partial charge in [0.2, 0.25) is 5.91 Å². The van der Waals surface area contributed by atoms with Gasteiger partial charge in [0.05, 0.1) is 12.6 Å². The second kappa shape index (κ2) is 6.23. The number of likely N-dealkylation sites (tertiary alicyclic amines) is 1. The van der Waals surface area contributed by atoms with Crippen LogP contribution in [0.4, 0.5) is 0 Å². The molecule has 1 aliphatic carbocycles. The van der Waals surface area contributed by atoms with Crippen molar-refractivity contribution < 1.29 is 9.90 Å². The standard InChI is InChI=1S/C15H28N2O2/c1-12-6-9-17(13(12)11-18)14(19)10-15(16-2)7-4-3-5-8-15/h12-13,16,18H,3-11H2,1-2H3. The van der Waals surface area contributed by atoms with Crippen LogP contribution in [0, 0.1) is 5.92 Å². The molecule has 0 spiro atoms. The fourth-order valence-electron chi connectivity index (χ4n) is 3.73. The molecule has 1 heterocycles. The third-order valence-corrected chi connectivity index (χ3v) is 5.22. The van der Waals surface area contributed by atoms with Crippen LogP contribution in [0.15, 0.2) is 0 Å². The van der Waals surface area contributed by atoms with Crippen molar-refractivity contribution in [2.45, 2.75) is 63.5 Å². The molecule has 1 amide bonds. The van der Waals surface area contributed by atoms with E-state index in [-0.39, 0.29) is 24.1 Å². The molecule has 1 saturated carbocycles. The second-order valence-electron chi connectivity index (χ2n) is 6.37. The highest BCUT2D eigenvalue weighted by atomic mass is 16.3. The van der Waals surface area contributed by atoms with Crippen LogP contribution in [0.1, 0.15) is 51.9 Å². The van der Waals surface area contributed by atoms with E-state index < -0.39 is 0 Å². The summed E-state index contributed by atoms with van der Waals surface area (Å²) in [5, 5.41) is 12.9. The van der Waals surface area contributed by atoms with E-state index in [9.17, 15) is 9.90 Å². The number of aliphatic hydroxyl groups is 1. The van der Waals surface area contributed by atoms with Gasteiger partial charge in [0.1, 0.15) is 0 Å². The lowest BCUT2D eigenvalue weighted by Crippen LogP contribution is -2.50. The van der Waals surface area contributed by atoms with Gasteiger partial charge in [-0.1, -0.05) is 26.2 Å². The molecule has 2 fully saturated rings. The number of hydrogen-bond donors (Lipinski definition) is 2. The fraction of sp³-hybridized carbons (Fsp3) is 0.933. The van der Waals surface area contributed by atoms with Gasteiger partial charge in [-0.15, -0.1) is 0 Å². The molecule has 0 aromatic carbocycles. The Bertz CT molecular complexity index is 313. The summed E-state index contributed by atoms with van der Waals surface area (Å²) >= 11 is 0. The summed E-state index contributed by atoms with van der Waals surface area (Å²) < 4.78 is 0. The Balaban J connectivity index is 1.99. The molecule has 2 unspecified atom stereocenters. The Hall–Kier alpha value is -0.610. The van der Waals surface area contributed by atoms with E-state index in [2.05, 4.69) is 12.2 Å². The Labute approximate surface area is 116 Å². The van der Waals surface area contributed by atoms with E-state index >= 15 is 0 Å². The lowest BCUT2D eigenvalue weighted by molar-refractivity contribution is -0.135.